The minimum Gasteiger partial charge on any atom is -0.324 e. The average molecular weight is 243 g/mol. The maximum absolute atomic E-state index is 6.48. The molecule has 0 heterocycles. The van der Waals surface area contributed by atoms with Crippen LogP contribution in [0.1, 0.15) is 56.9 Å². The third kappa shape index (κ3) is 3.46. The van der Waals surface area contributed by atoms with Gasteiger partial charge >= 0.3 is 0 Å². The van der Waals surface area contributed by atoms with Crippen molar-refractivity contribution in [1.82, 2.24) is 0 Å². The molecule has 0 amide bonds. The highest BCUT2D eigenvalue weighted by molar-refractivity contribution is 5.25. The second kappa shape index (κ2) is 6.75. The van der Waals surface area contributed by atoms with Crippen LogP contribution in [-0.4, -0.2) is 6.04 Å². The normalized spacial score (nSPS) is 23.3. The number of rotatable bonds is 3. The van der Waals surface area contributed by atoms with E-state index in [2.05, 4.69) is 43.3 Å². The Labute approximate surface area is 111 Å². The summed E-state index contributed by atoms with van der Waals surface area (Å²) in [7, 11) is 0. The maximum atomic E-state index is 6.48. The summed E-state index contributed by atoms with van der Waals surface area (Å²) in [5.74, 6) is 0.414. The molecule has 0 fully saturated rings. The van der Waals surface area contributed by atoms with Gasteiger partial charge < -0.3 is 5.73 Å². The number of nitrogens with two attached hydrogens (primary N) is 1. The van der Waals surface area contributed by atoms with Crippen LogP contribution >= 0.6 is 0 Å². The van der Waals surface area contributed by atoms with Crippen LogP contribution in [0.4, 0.5) is 0 Å². The Balaban J connectivity index is 2.07. The smallest absolute Gasteiger partial charge is 0.0320 e. The molecule has 0 aromatic heterocycles. The lowest BCUT2D eigenvalue weighted by molar-refractivity contribution is 0.561. The Morgan fingerprint density at radius 3 is 2.50 bits per heavy atom. The van der Waals surface area contributed by atoms with Gasteiger partial charge in [-0.15, -0.1) is 0 Å². The summed E-state index contributed by atoms with van der Waals surface area (Å²) in [6.07, 6.45) is 10.2. The fraction of sp³-hybridized carbons (Fsp3) is 0.529. The van der Waals surface area contributed by atoms with Gasteiger partial charge in [-0.3, -0.25) is 0 Å². The predicted octanol–water partition coefficient (Wildman–Crippen LogP) is 4.40. The highest BCUT2D eigenvalue weighted by Gasteiger charge is 2.18. The van der Waals surface area contributed by atoms with Gasteiger partial charge in [-0.05, 0) is 31.2 Å². The molecular formula is C17H25N. The van der Waals surface area contributed by atoms with E-state index >= 15 is 0 Å². The van der Waals surface area contributed by atoms with Gasteiger partial charge in [0.25, 0.3) is 0 Å². The second-order valence-electron chi connectivity index (χ2n) is 5.46. The Morgan fingerprint density at radius 2 is 1.72 bits per heavy atom. The Bertz CT molecular complexity index is 380. The third-order valence-electron chi connectivity index (χ3n) is 4.12. The molecule has 2 unspecified atom stereocenters. The van der Waals surface area contributed by atoms with E-state index < -0.39 is 0 Å². The molecular weight excluding hydrogens is 218 g/mol. The Kier molecular flexibility index (Phi) is 5.00. The van der Waals surface area contributed by atoms with Crippen molar-refractivity contribution >= 4 is 0 Å². The summed E-state index contributed by atoms with van der Waals surface area (Å²) in [5.41, 5.74) is 9.31. The quantitative estimate of drug-likeness (QED) is 0.782. The van der Waals surface area contributed by atoms with Crippen LogP contribution in [0.25, 0.3) is 0 Å². The molecule has 18 heavy (non-hydrogen) atoms. The van der Waals surface area contributed by atoms with Crippen LogP contribution in [0.15, 0.2) is 42.0 Å². The Hall–Kier alpha value is -1.08. The van der Waals surface area contributed by atoms with Crippen molar-refractivity contribution in [2.75, 3.05) is 0 Å². The largest absolute Gasteiger partial charge is 0.324 e. The molecule has 2 rings (SSSR count). The van der Waals surface area contributed by atoms with E-state index in [1.54, 1.807) is 0 Å². The first kappa shape index (κ1) is 13.4. The zero-order valence-electron chi connectivity index (χ0n) is 11.4. The Morgan fingerprint density at radius 1 is 1.00 bits per heavy atom. The monoisotopic (exact) mass is 243 g/mol. The van der Waals surface area contributed by atoms with E-state index in [0.29, 0.717) is 5.92 Å². The van der Waals surface area contributed by atoms with Crippen molar-refractivity contribution in [3.05, 3.63) is 47.5 Å². The molecule has 1 nitrogen and oxygen atoms in total. The standard InChI is InChI=1S/C17H25N/c1-14(15-10-8-5-9-11-15)17(18)16-12-6-3-2-4-7-13-16/h5,8-12,14,17H,2-4,6-7,13,18H2,1H3/b16-12+. The number of hydrogen-bond donors (Lipinski definition) is 1. The molecule has 0 saturated carbocycles. The minimum absolute atomic E-state index is 0.186. The molecule has 1 aliphatic carbocycles. The second-order valence-corrected chi connectivity index (χ2v) is 5.46. The number of hydrogen-bond acceptors (Lipinski definition) is 1. The van der Waals surface area contributed by atoms with E-state index in [4.69, 9.17) is 5.73 Å². The predicted molar refractivity (Wildman–Crippen MR) is 78.6 cm³/mol. The average Bonchev–Trinajstić information content (AvgIpc) is 2.38. The van der Waals surface area contributed by atoms with Crippen molar-refractivity contribution < 1.29 is 0 Å². The van der Waals surface area contributed by atoms with E-state index in [1.807, 2.05) is 0 Å². The molecule has 0 radical (unpaired) electrons. The summed E-state index contributed by atoms with van der Waals surface area (Å²) >= 11 is 0. The van der Waals surface area contributed by atoms with E-state index in [0.717, 1.165) is 0 Å². The van der Waals surface area contributed by atoms with Crippen LogP contribution in [0, 0.1) is 0 Å². The number of allylic oxidation sites excluding steroid dienone is 1. The molecule has 2 atom stereocenters. The zero-order chi connectivity index (χ0) is 12.8. The lowest BCUT2D eigenvalue weighted by Gasteiger charge is -2.24. The summed E-state index contributed by atoms with van der Waals surface area (Å²) in [6, 6.07) is 10.8. The van der Waals surface area contributed by atoms with Crippen LogP contribution in [0.3, 0.4) is 0 Å². The molecule has 1 aromatic carbocycles. The summed E-state index contributed by atoms with van der Waals surface area (Å²) in [6.45, 7) is 2.25. The summed E-state index contributed by atoms with van der Waals surface area (Å²) in [4.78, 5) is 0. The van der Waals surface area contributed by atoms with Crippen molar-refractivity contribution in [2.45, 2.75) is 57.4 Å². The number of benzene rings is 1. The molecule has 2 N–H and O–H groups in total. The third-order valence-corrected chi connectivity index (χ3v) is 4.12. The fourth-order valence-electron chi connectivity index (χ4n) is 2.80. The van der Waals surface area contributed by atoms with Crippen LogP contribution in [0.5, 0.6) is 0 Å². The van der Waals surface area contributed by atoms with Crippen LogP contribution < -0.4 is 5.73 Å². The van der Waals surface area contributed by atoms with Crippen LogP contribution in [-0.2, 0) is 0 Å². The maximum Gasteiger partial charge on any atom is 0.0320 e. The molecule has 1 heteroatoms. The van der Waals surface area contributed by atoms with Crippen molar-refractivity contribution in [3.8, 4) is 0 Å². The van der Waals surface area contributed by atoms with E-state index in [-0.39, 0.29) is 6.04 Å². The van der Waals surface area contributed by atoms with Gasteiger partial charge in [0.15, 0.2) is 0 Å². The van der Waals surface area contributed by atoms with Crippen molar-refractivity contribution in [1.29, 1.82) is 0 Å². The van der Waals surface area contributed by atoms with Gasteiger partial charge in [-0.1, -0.05) is 61.7 Å². The molecule has 0 saturated heterocycles. The highest BCUT2D eigenvalue weighted by atomic mass is 14.7. The summed E-state index contributed by atoms with van der Waals surface area (Å²) in [5, 5.41) is 0. The first-order chi connectivity index (χ1) is 8.79. The van der Waals surface area contributed by atoms with Gasteiger partial charge in [-0.25, -0.2) is 0 Å². The van der Waals surface area contributed by atoms with E-state index in [1.165, 1.54) is 49.7 Å². The SMILES string of the molecule is CC(c1ccccc1)C(N)/C1=C/CCCCCC1. The molecule has 1 aromatic rings. The first-order valence-corrected chi connectivity index (χ1v) is 7.28. The van der Waals surface area contributed by atoms with Crippen molar-refractivity contribution in [3.63, 3.8) is 0 Å². The molecule has 0 bridgehead atoms. The molecule has 98 valence electrons. The topological polar surface area (TPSA) is 26.0 Å². The lowest BCUT2D eigenvalue weighted by atomic mass is 9.85. The van der Waals surface area contributed by atoms with E-state index in [9.17, 15) is 0 Å². The van der Waals surface area contributed by atoms with Gasteiger partial charge in [0.1, 0.15) is 0 Å². The molecule has 0 aliphatic heterocycles. The fourth-order valence-corrected chi connectivity index (χ4v) is 2.80. The van der Waals surface area contributed by atoms with Crippen LogP contribution in [0.2, 0.25) is 0 Å². The lowest BCUT2D eigenvalue weighted by Crippen LogP contribution is -2.29. The van der Waals surface area contributed by atoms with Gasteiger partial charge in [-0.2, -0.15) is 0 Å². The molecule has 1 aliphatic rings. The minimum atomic E-state index is 0.186. The van der Waals surface area contributed by atoms with Gasteiger partial charge in [0.2, 0.25) is 0 Å². The molecule has 0 spiro atoms. The van der Waals surface area contributed by atoms with Crippen molar-refractivity contribution in [2.24, 2.45) is 5.73 Å². The van der Waals surface area contributed by atoms with Gasteiger partial charge in [0.05, 0.1) is 0 Å². The highest BCUT2D eigenvalue weighted by Crippen LogP contribution is 2.27. The van der Waals surface area contributed by atoms with Gasteiger partial charge in [0, 0.05) is 12.0 Å². The zero-order valence-corrected chi connectivity index (χ0v) is 11.4. The summed E-state index contributed by atoms with van der Waals surface area (Å²) < 4.78 is 0. The first-order valence-electron chi connectivity index (χ1n) is 7.28.